The highest BCUT2D eigenvalue weighted by Crippen LogP contribution is 2.30. The Morgan fingerprint density at radius 1 is 1.33 bits per heavy atom. The maximum absolute atomic E-state index is 11.6. The lowest BCUT2D eigenvalue weighted by molar-refractivity contribution is -0.00478. The summed E-state index contributed by atoms with van der Waals surface area (Å²) in [4.78, 5) is 9.22. The molecule has 0 saturated carbocycles. The van der Waals surface area contributed by atoms with Crippen molar-refractivity contribution >= 4 is 37.8 Å². The smallest absolute Gasteiger partial charge is 0.208 e. The highest BCUT2D eigenvalue weighted by Gasteiger charge is 2.27. The lowest BCUT2D eigenvalue weighted by Crippen LogP contribution is -2.42. The molecule has 0 bridgehead atoms. The number of benzene rings is 1. The van der Waals surface area contributed by atoms with E-state index in [-0.39, 0.29) is 12.1 Å². The number of anilines is 1. The average molecular weight is 434 g/mol. The van der Waals surface area contributed by atoms with Crippen molar-refractivity contribution in [2.45, 2.75) is 45.1 Å². The second-order valence-electron chi connectivity index (χ2n) is 7.59. The van der Waals surface area contributed by atoms with Crippen LogP contribution in [0, 0.1) is 0 Å². The van der Waals surface area contributed by atoms with Crippen LogP contribution in [-0.4, -0.2) is 54.6 Å². The molecule has 1 saturated heterocycles. The number of fused-ring (bicyclic) bond motifs is 3. The minimum absolute atomic E-state index is 0.146. The van der Waals surface area contributed by atoms with Crippen molar-refractivity contribution in [2.75, 3.05) is 25.2 Å². The fraction of sp³-hybridized carbons (Fsp3) is 0.500. The average Bonchev–Trinajstić information content (AvgIpc) is 3.04. The third-order valence-corrected chi connectivity index (χ3v) is 6.02. The van der Waals surface area contributed by atoms with Crippen molar-refractivity contribution < 1.29 is 17.9 Å². The van der Waals surface area contributed by atoms with Gasteiger partial charge in [-0.3, -0.25) is 0 Å². The van der Waals surface area contributed by atoms with Crippen LogP contribution < -0.4 is 10.5 Å². The summed E-state index contributed by atoms with van der Waals surface area (Å²) in [7, 11) is -3.27. The molecule has 1 aliphatic rings. The molecule has 0 amide bonds. The highest BCUT2D eigenvalue weighted by atomic mass is 32.2. The van der Waals surface area contributed by atoms with Gasteiger partial charge in [0, 0.05) is 24.6 Å². The van der Waals surface area contributed by atoms with Crippen molar-refractivity contribution in [1.82, 2.24) is 19.3 Å². The Hall–Kier alpha value is -2.27. The van der Waals surface area contributed by atoms with Crippen LogP contribution in [0.2, 0.25) is 0 Å². The number of hydrogen-bond acceptors (Lipinski definition) is 7. The Balaban J connectivity index is 1.74. The normalized spacial score (nSPS) is 20.2. The molecule has 2 aromatic heterocycles. The van der Waals surface area contributed by atoms with Gasteiger partial charge in [-0.05, 0) is 25.8 Å². The van der Waals surface area contributed by atoms with Gasteiger partial charge in [-0.15, -0.1) is 0 Å². The number of sulfonamides is 1. The molecule has 30 heavy (non-hydrogen) atoms. The first kappa shape index (κ1) is 21.0. The largest absolute Gasteiger partial charge is 0.382 e. The van der Waals surface area contributed by atoms with E-state index in [1.54, 1.807) is 0 Å². The van der Waals surface area contributed by atoms with E-state index in [1.807, 2.05) is 31.2 Å². The number of nitrogens with two attached hydrogens (primary N) is 1. The number of rotatable bonds is 7. The van der Waals surface area contributed by atoms with Gasteiger partial charge in [0.1, 0.15) is 17.9 Å². The Bertz CT molecular complexity index is 1160. The molecule has 2 unspecified atom stereocenters. The number of aromatic nitrogens is 3. The summed E-state index contributed by atoms with van der Waals surface area (Å²) in [6.45, 7) is 3.86. The van der Waals surface area contributed by atoms with E-state index in [1.165, 1.54) is 6.26 Å². The number of pyridine rings is 1. The molecule has 1 aromatic carbocycles. The second-order valence-corrected chi connectivity index (χ2v) is 9.37. The lowest BCUT2D eigenvalue weighted by atomic mass is 10.0. The van der Waals surface area contributed by atoms with Crippen LogP contribution >= 0.6 is 0 Å². The zero-order chi connectivity index (χ0) is 21.3. The predicted molar refractivity (Wildman–Crippen MR) is 116 cm³/mol. The fourth-order valence-corrected chi connectivity index (χ4v) is 4.85. The van der Waals surface area contributed by atoms with E-state index in [4.69, 9.17) is 20.2 Å². The van der Waals surface area contributed by atoms with Gasteiger partial charge in [-0.25, -0.2) is 23.1 Å². The van der Waals surface area contributed by atoms with Crippen LogP contribution in [-0.2, 0) is 32.6 Å². The Kier molecular flexibility index (Phi) is 5.92. The van der Waals surface area contributed by atoms with Gasteiger partial charge in [-0.2, -0.15) is 0 Å². The number of hydrogen-bond donors (Lipinski definition) is 2. The summed E-state index contributed by atoms with van der Waals surface area (Å²) in [6.07, 6.45) is 2.26. The zero-order valence-corrected chi connectivity index (χ0v) is 18.0. The molecule has 9 nitrogen and oxygen atoms in total. The maximum atomic E-state index is 11.6. The molecule has 3 N–H and O–H groups in total. The Labute approximate surface area is 175 Å². The van der Waals surface area contributed by atoms with Crippen LogP contribution in [0.1, 0.15) is 25.6 Å². The SMILES string of the molecule is CCOCc1nc2c(N)nc3ccccc3c2n1CC1CC(NS(C)(=O)=O)CCO1. The first-order valence-corrected chi connectivity index (χ1v) is 11.9. The number of para-hydroxylation sites is 1. The van der Waals surface area contributed by atoms with Crippen LogP contribution in [0.15, 0.2) is 24.3 Å². The third-order valence-electron chi connectivity index (χ3n) is 5.26. The molecule has 162 valence electrons. The zero-order valence-electron chi connectivity index (χ0n) is 17.2. The van der Waals surface area contributed by atoms with Crippen molar-refractivity contribution in [1.29, 1.82) is 0 Å². The summed E-state index contributed by atoms with van der Waals surface area (Å²) in [6, 6.07) is 7.67. The molecular weight excluding hydrogens is 406 g/mol. The highest BCUT2D eigenvalue weighted by molar-refractivity contribution is 7.88. The van der Waals surface area contributed by atoms with E-state index < -0.39 is 10.0 Å². The van der Waals surface area contributed by atoms with E-state index in [9.17, 15) is 8.42 Å². The van der Waals surface area contributed by atoms with E-state index in [0.29, 0.717) is 50.5 Å². The van der Waals surface area contributed by atoms with Crippen molar-refractivity contribution in [3.8, 4) is 0 Å². The lowest BCUT2D eigenvalue weighted by Gasteiger charge is -2.30. The number of imidazole rings is 1. The Morgan fingerprint density at radius 3 is 2.90 bits per heavy atom. The molecule has 3 heterocycles. The quantitative estimate of drug-likeness (QED) is 0.583. The van der Waals surface area contributed by atoms with E-state index >= 15 is 0 Å². The summed E-state index contributed by atoms with van der Waals surface area (Å²) in [5, 5.41) is 0.957. The first-order chi connectivity index (χ1) is 14.4. The van der Waals surface area contributed by atoms with Gasteiger partial charge in [0.15, 0.2) is 5.82 Å². The van der Waals surface area contributed by atoms with Gasteiger partial charge >= 0.3 is 0 Å². The summed E-state index contributed by atoms with van der Waals surface area (Å²) >= 11 is 0. The molecule has 0 radical (unpaired) electrons. The number of ether oxygens (including phenoxy) is 2. The molecule has 0 spiro atoms. The second kappa shape index (κ2) is 8.46. The van der Waals surface area contributed by atoms with Crippen LogP contribution in [0.4, 0.5) is 5.82 Å². The molecule has 1 fully saturated rings. The summed E-state index contributed by atoms with van der Waals surface area (Å²) in [5.74, 6) is 1.12. The molecule has 10 heteroatoms. The van der Waals surface area contributed by atoms with Gasteiger partial charge in [0.25, 0.3) is 0 Å². The summed E-state index contributed by atoms with van der Waals surface area (Å²) < 4.78 is 39.7. The van der Waals surface area contributed by atoms with Gasteiger partial charge in [-0.1, -0.05) is 18.2 Å². The van der Waals surface area contributed by atoms with Crippen molar-refractivity contribution in [2.24, 2.45) is 0 Å². The molecule has 2 atom stereocenters. The first-order valence-electron chi connectivity index (χ1n) is 10.1. The summed E-state index contributed by atoms with van der Waals surface area (Å²) in [5.41, 5.74) is 8.56. The molecule has 0 aliphatic carbocycles. The van der Waals surface area contributed by atoms with Crippen LogP contribution in [0.25, 0.3) is 21.9 Å². The topological polar surface area (TPSA) is 121 Å². The van der Waals surface area contributed by atoms with Gasteiger partial charge < -0.3 is 19.8 Å². The fourth-order valence-electron chi connectivity index (χ4n) is 4.03. The van der Waals surface area contributed by atoms with E-state index in [0.717, 1.165) is 22.2 Å². The number of nitrogens with one attached hydrogen (secondary N) is 1. The molecule has 3 aromatic rings. The van der Waals surface area contributed by atoms with Crippen molar-refractivity contribution in [3.05, 3.63) is 30.1 Å². The van der Waals surface area contributed by atoms with E-state index in [2.05, 4.69) is 14.3 Å². The van der Waals surface area contributed by atoms with Crippen molar-refractivity contribution in [3.63, 3.8) is 0 Å². The van der Waals surface area contributed by atoms with Crippen LogP contribution in [0.3, 0.4) is 0 Å². The predicted octanol–water partition coefficient (Wildman–Crippen LogP) is 1.80. The van der Waals surface area contributed by atoms with Gasteiger partial charge in [0.2, 0.25) is 10.0 Å². The molecular formula is C20H27N5O4S. The van der Waals surface area contributed by atoms with Gasteiger partial charge in [0.05, 0.1) is 29.9 Å². The standard InChI is InChI=1S/C20H27N5O4S/c1-3-28-12-17-23-18-19(15-6-4-5-7-16(15)22-20(18)21)25(17)11-14-10-13(8-9-29-14)24-30(2,26)27/h4-7,13-14,24H,3,8-12H2,1-2H3,(H2,21,22). The number of nitrogen functional groups attached to an aromatic ring is 1. The number of nitrogens with zero attached hydrogens (tertiary/aromatic N) is 3. The Morgan fingerprint density at radius 2 is 2.13 bits per heavy atom. The third kappa shape index (κ3) is 4.41. The minimum Gasteiger partial charge on any atom is -0.382 e. The molecule has 4 rings (SSSR count). The monoisotopic (exact) mass is 433 g/mol. The molecule has 1 aliphatic heterocycles. The minimum atomic E-state index is -3.27. The maximum Gasteiger partial charge on any atom is 0.208 e. The van der Waals surface area contributed by atoms with Crippen LogP contribution in [0.5, 0.6) is 0 Å².